The van der Waals surface area contributed by atoms with E-state index in [1.54, 1.807) is 0 Å². The monoisotopic (exact) mass is 370 g/mol. The number of nitro groups is 1. The summed E-state index contributed by atoms with van der Waals surface area (Å²) in [5, 5.41) is 13.0. The van der Waals surface area contributed by atoms with Crippen LogP contribution in [0.4, 0.5) is 24.5 Å². The molecule has 0 saturated heterocycles. The molecule has 0 bridgehead atoms. The first-order valence-corrected chi connectivity index (χ1v) is 7.13. The molecular formula is C16H13F3N2O5. The number of nitro benzene ring substituents is 1. The molecule has 2 aromatic rings. The second-order valence-corrected chi connectivity index (χ2v) is 5.01. The van der Waals surface area contributed by atoms with Crippen molar-refractivity contribution >= 4 is 17.3 Å². The minimum atomic E-state index is -4.53. The fourth-order valence-corrected chi connectivity index (χ4v) is 2.01. The fraction of sp³-hybridized carbons (Fsp3) is 0.188. The molecule has 0 radical (unpaired) electrons. The highest BCUT2D eigenvalue weighted by Gasteiger charge is 2.30. The fourth-order valence-electron chi connectivity index (χ4n) is 2.01. The lowest BCUT2D eigenvalue weighted by atomic mass is 10.2. The second kappa shape index (κ2) is 7.72. The molecule has 0 aliphatic rings. The van der Waals surface area contributed by atoms with Gasteiger partial charge in [0, 0.05) is 11.8 Å². The topological polar surface area (TPSA) is 90.7 Å². The molecule has 0 unspecified atom stereocenters. The van der Waals surface area contributed by atoms with E-state index in [9.17, 15) is 28.1 Å². The van der Waals surface area contributed by atoms with Crippen LogP contribution in [-0.4, -0.2) is 24.5 Å². The highest BCUT2D eigenvalue weighted by molar-refractivity contribution is 5.92. The van der Waals surface area contributed by atoms with Crippen LogP contribution < -0.4 is 14.8 Å². The number of anilines is 1. The van der Waals surface area contributed by atoms with Crippen LogP contribution in [0, 0.1) is 10.1 Å². The Morgan fingerprint density at radius 3 is 2.54 bits per heavy atom. The summed E-state index contributed by atoms with van der Waals surface area (Å²) in [4.78, 5) is 22.0. The first-order chi connectivity index (χ1) is 12.2. The number of alkyl halides is 3. The van der Waals surface area contributed by atoms with Crippen LogP contribution in [0.15, 0.2) is 42.5 Å². The normalized spacial score (nSPS) is 10.9. The third-order valence-electron chi connectivity index (χ3n) is 3.19. The molecule has 2 rings (SSSR count). The van der Waals surface area contributed by atoms with Crippen molar-refractivity contribution in [3.8, 4) is 11.5 Å². The highest BCUT2D eigenvalue weighted by atomic mass is 19.4. The quantitative estimate of drug-likeness (QED) is 0.619. The molecule has 138 valence electrons. The Morgan fingerprint density at radius 2 is 1.92 bits per heavy atom. The van der Waals surface area contributed by atoms with E-state index in [1.807, 2.05) is 0 Å². The molecule has 0 aliphatic heterocycles. The van der Waals surface area contributed by atoms with Gasteiger partial charge in [0.25, 0.3) is 11.6 Å². The van der Waals surface area contributed by atoms with Crippen molar-refractivity contribution in [2.75, 3.05) is 19.0 Å². The number of benzene rings is 2. The molecule has 0 atom stereocenters. The Balaban J connectivity index is 2.05. The number of nitrogens with one attached hydrogen (secondary N) is 1. The van der Waals surface area contributed by atoms with Gasteiger partial charge in [-0.2, -0.15) is 13.2 Å². The number of halogens is 3. The first-order valence-electron chi connectivity index (χ1n) is 7.13. The molecule has 0 heterocycles. The molecule has 0 aliphatic carbocycles. The number of non-ortho nitro benzene ring substituents is 1. The summed E-state index contributed by atoms with van der Waals surface area (Å²) in [7, 11) is 1.32. The maximum atomic E-state index is 12.7. The van der Waals surface area contributed by atoms with E-state index < -0.39 is 29.2 Å². The van der Waals surface area contributed by atoms with E-state index in [1.165, 1.54) is 25.3 Å². The number of rotatable bonds is 6. The van der Waals surface area contributed by atoms with Crippen molar-refractivity contribution in [2.24, 2.45) is 0 Å². The number of amides is 1. The summed E-state index contributed by atoms with van der Waals surface area (Å²) >= 11 is 0. The van der Waals surface area contributed by atoms with E-state index in [4.69, 9.17) is 9.47 Å². The summed E-state index contributed by atoms with van der Waals surface area (Å²) in [5.41, 5.74) is -1.23. The van der Waals surface area contributed by atoms with Crippen molar-refractivity contribution in [3.05, 3.63) is 58.1 Å². The summed E-state index contributed by atoms with van der Waals surface area (Å²) in [6.45, 7) is -0.576. The molecule has 2 aromatic carbocycles. The van der Waals surface area contributed by atoms with Gasteiger partial charge >= 0.3 is 6.18 Å². The summed E-state index contributed by atoms with van der Waals surface area (Å²) in [5.74, 6) is -0.610. The minimum absolute atomic E-state index is 0.0408. The average molecular weight is 370 g/mol. The molecule has 0 saturated carbocycles. The van der Waals surface area contributed by atoms with Gasteiger partial charge in [0.15, 0.2) is 18.1 Å². The lowest BCUT2D eigenvalue weighted by Crippen LogP contribution is -2.20. The first kappa shape index (κ1) is 19.0. The maximum Gasteiger partial charge on any atom is 0.416 e. The van der Waals surface area contributed by atoms with Crippen molar-refractivity contribution in [1.29, 1.82) is 0 Å². The van der Waals surface area contributed by atoms with Gasteiger partial charge in [-0.05, 0) is 24.3 Å². The van der Waals surface area contributed by atoms with Crippen LogP contribution in [-0.2, 0) is 11.0 Å². The lowest BCUT2D eigenvalue weighted by molar-refractivity contribution is -0.385. The molecule has 10 heteroatoms. The molecule has 1 amide bonds. The van der Waals surface area contributed by atoms with Gasteiger partial charge in [-0.1, -0.05) is 6.07 Å². The predicted molar refractivity (Wildman–Crippen MR) is 85.2 cm³/mol. The van der Waals surface area contributed by atoms with E-state index in [0.717, 1.165) is 24.3 Å². The van der Waals surface area contributed by atoms with Gasteiger partial charge in [0.2, 0.25) is 0 Å². The Labute approximate surface area is 145 Å². The molecule has 26 heavy (non-hydrogen) atoms. The number of hydrogen-bond donors (Lipinski definition) is 1. The zero-order valence-electron chi connectivity index (χ0n) is 13.4. The summed E-state index contributed by atoms with van der Waals surface area (Å²) in [6.07, 6.45) is -4.53. The van der Waals surface area contributed by atoms with Gasteiger partial charge in [0.1, 0.15) is 0 Å². The highest BCUT2D eigenvalue weighted by Crippen LogP contribution is 2.32. The molecule has 0 spiro atoms. The molecule has 1 N–H and O–H groups in total. The largest absolute Gasteiger partial charge is 0.493 e. The zero-order valence-corrected chi connectivity index (χ0v) is 13.4. The predicted octanol–water partition coefficient (Wildman–Crippen LogP) is 3.64. The van der Waals surface area contributed by atoms with Crippen molar-refractivity contribution in [2.45, 2.75) is 6.18 Å². The maximum absolute atomic E-state index is 12.7. The number of ether oxygens (including phenoxy) is 2. The zero-order chi connectivity index (χ0) is 19.3. The van der Waals surface area contributed by atoms with Crippen LogP contribution in [0.2, 0.25) is 0 Å². The third kappa shape index (κ3) is 4.85. The number of methoxy groups -OCH3 is 1. The van der Waals surface area contributed by atoms with Crippen LogP contribution >= 0.6 is 0 Å². The lowest BCUT2D eigenvalue weighted by Gasteiger charge is -2.12. The smallest absolute Gasteiger partial charge is 0.416 e. The standard InChI is InChI=1S/C16H13F3N2O5/c1-25-13-6-5-12(21(23)24)8-14(13)26-9-15(22)20-11-4-2-3-10(7-11)16(17,18)19/h2-8H,9H2,1H3,(H,20,22). The van der Waals surface area contributed by atoms with Crippen molar-refractivity contribution in [3.63, 3.8) is 0 Å². The number of nitrogens with zero attached hydrogens (tertiary/aromatic N) is 1. The number of carbonyl (C=O) groups is 1. The molecular weight excluding hydrogens is 357 g/mol. The van der Waals surface area contributed by atoms with Crippen LogP contribution in [0.1, 0.15) is 5.56 Å². The average Bonchev–Trinajstić information content (AvgIpc) is 2.59. The number of hydrogen-bond acceptors (Lipinski definition) is 5. The van der Waals surface area contributed by atoms with Gasteiger partial charge in [-0.25, -0.2) is 0 Å². The van der Waals surface area contributed by atoms with E-state index >= 15 is 0 Å². The second-order valence-electron chi connectivity index (χ2n) is 5.01. The van der Waals surface area contributed by atoms with Gasteiger partial charge in [-0.15, -0.1) is 0 Å². The van der Waals surface area contributed by atoms with Crippen molar-refractivity contribution in [1.82, 2.24) is 0 Å². The number of carbonyl (C=O) groups excluding carboxylic acids is 1. The molecule has 0 fully saturated rings. The van der Waals surface area contributed by atoms with E-state index in [-0.39, 0.29) is 22.9 Å². The van der Waals surface area contributed by atoms with E-state index in [0.29, 0.717) is 0 Å². The third-order valence-corrected chi connectivity index (χ3v) is 3.19. The van der Waals surface area contributed by atoms with Gasteiger partial charge in [-0.3, -0.25) is 14.9 Å². The Kier molecular flexibility index (Phi) is 5.65. The van der Waals surface area contributed by atoms with Crippen LogP contribution in [0.5, 0.6) is 11.5 Å². The SMILES string of the molecule is COc1ccc([N+](=O)[O-])cc1OCC(=O)Nc1cccc(C(F)(F)F)c1. The Hall–Kier alpha value is -3.30. The van der Waals surface area contributed by atoms with Gasteiger partial charge < -0.3 is 14.8 Å². The van der Waals surface area contributed by atoms with Crippen LogP contribution in [0.3, 0.4) is 0 Å². The molecule has 7 nitrogen and oxygen atoms in total. The molecule has 0 aromatic heterocycles. The Bertz CT molecular complexity index is 824. The minimum Gasteiger partial charge on any atom is -0.493 e. The Morgan fingerprint density at radius 1 is 1.19 bits per heavy atom. The summed E-state index contributed by atoms with van der Waals surface area (Å²) in [6, 6.07) is 7.69. The van der Waals surface area contributed by atoms with Crippen LogP contribution in [0.25, 0.3) is 0 Å². The van der Waals surface area contributed by atoms with Gasteiger partial charge in [0.05, 0.1) is 23.7 Å². The van der Waals surface area contributed by atoms with E-state index in [2.05, 4.69) is 5.32 Å². The van der Waals surface area contributed by atoms with Crippen molar-refractivity contribution < 1.29 is 32.4 Å². The summed E-state index contributed by atoms with van der Waals surface area (Å²) < 4.78 is 48.1.